The van der Waals surface area contributed by atoms with Crippen molar-refractivity contribution in [3.8, 4) is 0 Å². The van der Waals surface area contributed by atoms with E-state index in [0.717, 1.165) is 37.7 Å². The molecule has 1 fully saturated rings. The zero-order chi connectivity index (χ0) is 29.8. The number of hydrogen-bond donors (Lipinski definition) is 3. The fourth-order valence-corrected chi connectivity index (χ4v) is 6.07. The van der Waals surface area contributed by atoms with Crippen LogP contribution in [0.3, 0.4) is 0 Å². The predicted octanol–water partition coefficient (Wildman–Crippen LogP) is 5.34. The van der Waals surface area contributed by atoms with Gasteiger partial charge >= 0.3 is 11.9 Å². The minimum absolute atomic E-state index is 0.0102. The van der Waals surface area contributed by atoms with E-state index in [1.165, 1.54) is 6.08 Å². The van der Waals surface area contributed by atoms with Gasteiger partial charge in [-0.3, -0.25) is 14.4 Å². The SMILES string of the molecule is C=CCOC(=O)CC(O)CC(O)CCC1C(C)C(=O)C=C2C(CCCCCC)C(=N)CC(OC(=O)C(C)CC)C21. The second kappa shape index (κ2) is 16.8. The number of aliphatic hydroxyl groups is 2. The molecule has 8 nitrogen and oxygen atoms in total. The maximum Gasteiger partial charge on any atom is 0.308 e. The number of esters is 2. The Balaban J connectivity index is 2.21. The summed E-state index contributed by atoms with van der Waals surface area (Å²) < 4.78 is 11.0. The van der Waals surface area contributed by atoms with Crippen LogP contribution in [0.5, 0.6) is 0 Å². The number of fused-ring (bicyclic) bond motifs is 1. The molecule has 0 heterocycles. The van der Waals surface area contributed by atoms with Crippen LogP contribution < -0.4 is 0 Å². The van der Waals surface area contributed by atoms with Crippen molar-refractivity contribution < 1.29 is 34.1 Å². The summed E-state index contributed by atoms with van der Waals surface area (Å²) in [5, 5.41) is 29.8. The third kappa shape index (κ3) is 9.65. The van der Waals surface area contributed by atoms with Crippen LogP contribution >= 0.6 is 0 Å². The molecule has 0 bridgehead atoms. The Labute approximate surface area is 240 Å². The van der Waals surface area contributed by atoms with Crippen molar-refractivity contribution in [2.45, 2.75) is 117 Å². The number of allylic oxidation sites excluding steroid dienone is 1. The Morgan fingerprint density at radius 3 is 2.55 bits per heavy atom. The Morgan fingerprint density at radius 2 is 1.90 bits per heavy atom. The average Bonchev–Trinajstić information content (AvgIpc) is 2.90. The molecule has 2 aliphatic rings. The number of unbranched alkanes of at least 4 members (excludes halogenated alkanes) is 3. The first-order valence-corrected chi connectivity index (χ1v) is 15.2. The summed E-state index contributed by atoms with van der Waals surface area (Å²) in [6.07, 6.45) is 7.48. The van der Waals surface area contributed by atoms with Crippen LogP contribution in [0.2, 0.25) is 0 Å². The van der Waals surface area contributed by atoms with Gasteiger partial charge in [0.2, 0.25) is 0 Å². The van der Waals surface area contributed by atoms with Crippen LogP contribution in [-0.2, 0) is 23.9 Å². The molecule has 0 aromatic heterocycles. The summed E-state index contributed by atoms with van der Waals surface area (Å²) in [6, 6.07) is 0. The van der Waals surface area contributed by atoms with Gasteiger partial charge in [-0.2, -0.15) is 0 Å². The largest absolute Gasteiger partial charge is 0.461 e. The van der Waals surface area contributed by atoms with Crippen molar-refractivity contribution in [3.63, 3.8) is 0 Å². The van der Waals surface area contributed by atoms with Crippen molar-refractivity contribution >= 4 is 23.4 Å². The lowest BCUT2D eigenvalue weighted by molar-refractivity contribution is -0.157. The van der Waals surface area contributed by atoms with Gasteiger partial charge in [0.15, 0.2) is 5.78 Å². The molecule has 40 heavy (non-hydrogen) atoms. The van der Waals surface area contributed by atoms with Crippen molar-refractivity contribution in [1.29, 1.82) is 5.41 Å². The molecule has 8 unspecified atom stereocenters. The molecule has 2 rings (SSSR count). The van der Waals surface area contributed by atoms with E-state index in [0.29, 0.717) is 31.4 Å². The summed E-state index contributed by atoms with van der Waals surface area (Å²) in [5.74, 6) is -1.90. The first-order chi connectivity index (χ1) is 19.0. The summed E-state index contributed by atoms with van der Waals surface area (Å²) >= 11 is 0. The molecule has 226 valence electrons. The molecule has 2 aliphatic carbocycles. The monoisotopic (exact) mass is 561 g/mol. The van der Waals surface area contributed by atoms with Gasteiger partial charge in [0, 0.05) is 29.9 Å². The van der Waals surface area contributed by atoms with Gasteiger partial charge in [-0.1, -0.05) is 71.6 Å². The number of aliphatic hydroxyl groups excluding tert-OH is 2. The minimum Gasteiger partial charge on any atom is -0.461 e. The lowest BCUT2D eigenvalue weighted by Crippen LogP contribution is -2.49. The van der Waals surface area contributed by atoms with E-state index in [9.17, 15) is 24.6 Å². The van der Waals surface area contributed by atoms with E-state index in [1.807, 2.05) is 20.8 Å². The molecule has 3 N–H and O–H groups in total. The van der Waals surface area contributed by atoms with E-state index < -0.39 is 24.3 Å². The second-order valence-corrected chi connectivity index (χ2v) is 11.7. The van der Waals surface area contributed by atoms with Crippen LogP contribution in [0.25, 0.3) is 0 Å². The topological polar surface area (TPSA) is 134 Å². The third-order valence-corrected chi connectivity index (χ3v) is 8.66. The molecule has 0 aromatic carbocycles. The highest BCUT2D eigenvalue weighted by atomic mass is 16.5. The van der Waals surface area contributed by atoms with Gasteiger partial charge in [0.1, 0.15) is 12.7 Å². The first-order valence-electron chi connectivity index (χ1n) is 15.2. The summed E-state index contributed by atoms with van der Waals surface area (Å²) in [4.78, 5) is 37.8. The average molecular weight is 562 g/mol. The molecule has 0 amide bonds. The van der Waals surface area contributed by atoms with E-state index in [-0.39, 0.29) is 60.8 Å². The highest BCUT2D eigenvalue weighted by Gasteiger charge is 2.48. The Bertz CT molecular complexity index is 913. The first kappa shape index (κ1) is 33.9. The van der Waals surface area contributed by atoms with Crippen LogP contribution in [0, 0.1) is 35.0 Å². The van der Waals surface area contributed by atoms with E-state index in [4.69, 9.17) is 14.9 Å². The molecular formula is C32H51NO7. The molecule has 1 saturated carbocycles. The van der Waals surface area contributed by atoms with Gasteiger partial charge in [0.05, 0.1) is 24.5 Å². The molecule has 0 spiro atoms. The number of carbonyl (C=O) groups is 3. The zero-order valence-electron chi connectivity index (χ0n) is 24.9. The highest BCUT2D eigenvalue weighted by Crippen LogP contribution is 2.48. The number of rotatable bonds is 17. The standard InChI is InChI=1S/C32H51NO7/c1-6-9-10-11-12-25-26-18-28(36)21(5)24(14-13-22(34)16-23(35)17-30(37)39-15-7-2)31(26)29(19-27(25)33)40-32(38)20(4)8-3/h7,18,20-25,29,31,33-35H,2,6,8-17,19H2,1,3-5H3. The molecule has 0 saturated heterocycles. The molecule has 0 radical (unpaired) electrons. The van der Waals surface area contributed by atoms with Crippen molar-refractivity contribution in [3.05, 3.63) is 24.3 Å². The van der Waals surface area contributed by atoms with Crippen LogP contribution in [-0.4, -0.2) is 58.6 Å². The number of ketones is 1. The predicted molar refractivity (Wildman–Crippen MR) is 155 cm³/mol. The Morgan fingerprint density at radius 1 is 1.18 bits per heavy atom. The van der Waals surface area contributed by atoms with E-state index in [1.54, 1.807) is 6.08 Å². The number of ether oxygens (including phenoxy) is 2. The Hall–Kier alpha value is -2.32. The fraction of sp³-hybridized carbons (Fsp3) is 0.750. The summed E-state index contributed by atoms with van der Waals surface area (Å²) in [7, 11) is 0. The molecule has 0 aliphatic heterocycles. The quantitative estimate of drug-likeness (QED) is 0.124. The van der Waals surface area contributed by atoms with Gasteiger partial charge in [-0.05, 0) is 44.1 Å². The third-order valence-electron chi connectivity index (χ3n) is 8.66. The maximum absolute atomic E-state index is 13.2. The fourth-order valence-electron chi connectivity index (χ4n) is 6.07. The van der Waals surface area contributed by atoms with Crippen LogP contribution in [0.4, 0.5) is 0 Å². The van der Waals surface area contributed by atoms with Crippen LogP contribution in [0.15, 0.2) is 24.3 Å². The molecule has 8 atom stereocenters. The van der Waals surface area contributed by atoms with Gasteiger partial charge in [0.25, 0.3) is 0 Å². The lowest BCUT2D eigenvalue weighted by Gasteiger charge is -2.47. The summed E-state index contributed by atoms with van der Waals surface area (Å²) in [6.45, 7) is 11.4. The van der Waals surface area contributed by atoms with Gasteiger partial charge in [-0.15, -0.1) is 0 Å². The van der Waals surface area contributed by atoms with E-state index >= 15 is 0 Å². The second-order valence-electron chi connectivity index (χ2n) is 11.7. The van der Waals surface area contributed by atoms with Crippen molar-refractivity contribution in [2.75, 3.05) is 6.61 Å². The normalized spacial score (nSPS) is 26.8. The number of nitrogens with one attached hydrogen (secondary N) is 1. The van der Waals surface area contributed by atoms with E-state index in [2.05, 4.69) is 13.5 Å². The summed E-state index contributed by atoms with van der Waals surface area (Å²) in [5.41, 5.74) is 1.43. The number of hydrogen-bond acceptors (Lipinski definition) is 8. The maximum atomic E-state index is 13.2. The smallest absolute Gasteiger partial charge is 0.308 e. The molecule has 8 heteroatoms. The van der Waals surface area contributed by atoms with Gasteiger partial charge in [-0.25, -0.2) is 0 Å². The Kier molecular flexibility index (Phi) is 14.3. The number of carbonyl (C=O) groups excluding carboxylic acids is 3. The zero-order valence-corrected chi connectivity index (χ0v) is 24.9. The minimum atomic E-state index is -1.04. The highest BCUT2D eigenvalue weighted by molar-refractivity contribution is 5.97. The van der Waals surface area contributed by atoms with Gasteiger partial charge < -0.3 is 25.1 Å². The van der Waals surface area contributed by atoms with Crippen molar-refractivity contribution in [1.82, 2.24) is 0 Å². The molecular weight excluding hydrogens is 510 g/mol. The van der Waals surface area contributed by atoms with Crippen LogP contribution in [0.1, 0.15) is 98.3 Å². The molecule has 0 aromatic rings. The van der Waals surface area contributed by atoms with Crippen molar-refractivity contribution in [2.24, 2.45) is 29.6 Å². The lowest BCUT2D eigenvalue weighted by atomic mass is 9.60.